The summed E-state index contributed by atoms with van der Waals surface area (Å²) < 4.78 is 10.0. The van der Waals surface area contributed by atoms with Crippen molar-refractivity contribution in [2.75, 3.05) is 14.2 Å². The predicted octanol–water partition coefficient (Wildman–Crippen LogP) is 2.63. The van der Waals surface area contributed by atoms with Crippen LogP contribution in [-0.4, -0.2) is 31.1 Å². The molecule has 0 aliphatic carbocycles. The number of ketones is 1. The van der Waals surface area contributed by atoms with Gasteiger partial charge in [0.1, 0.15) is 11.5 Å². The molecule has 0 saturated heterocycles. The van der Waals surface area contributed by atoms with Crippen LogP contribution < -0.4 is 9.47 Å². The van der Waals surface area contributed by atoms with E-state index in [1.54, 1.807) is 30.3 Å². The fraction of sp³-hybridized carbons (Fsp3) is 0.125. The smallest absolute Gasteiger partial charge is 0.336 e. The molecule has 2 rings (SSSR count). The zero-order valence-corrected chi connectivity index (χ0v) is 11.6. The van der Waals surface area contributed by atoms with E-state index in [4.69, 9.17) is 9.47 Å². The number of hydrogen-bond acceptors (Lipinski definition) is 4. The van der Waals surface area contributed by atoms with E-state index in [0.717, 1.165) is 0 Å². The molecule has 0 atom stereocenters. The molecule has 0 aromatic heterocycles. The molecule has 1 N–H and O–H groups in total. The molecule has 0 amide bonds. The molecule has 0 aliphatic heterocycles. The molecule has 0 fully saturated rings. The number of methoxy groups -OCH3 is 2. The molecule has 0 heterocycles. The van der Waals surface area contributed by atoms with Crippen molar-refractivity contribution >= 4 is 11.8 Å². The number of carboxylic acid groups (broad SMARTS) is 1. The fourth-order valence-electron chi connectivity index (χ4n) is 1.92. The minimum atomic E-state index is -1.18. The number of carbonyl (C=O) groups is 2. The van der Waals surface area contributed by atoms with E-state index >= 15 is 0 Å². The number of benzene rings is 2. The molecule has 0 saturated carbocycles. The second-order valence-corrected chi connectivity index (χ2v) is 4.27. The summed E-state index contributed by atoms with van der Waals surface area (Å²) >= 11 is 0. The highest BCUT2D eigenvalue weighted by Crippen LogP contribution is 2.22. The Hall–Kier alpha value is -2.82. The van der Waals surface area contributed by atoms with Gasteiger partial charge in [-0.25, -0.2) is 4.79 Å². The second-order valence-electron chi connectivity index (χ2n) is 4.27. The summed E-state index contributed by atoms with van der Waals surface area (Å²) in [5.74, 6) is -0.526. The lowest BCUT2D eigenvalue weighted by Gasteiger charge is -2.08. The maximum Gasteiger partial charge on any atom is 0.336 e. The van der Waals surface area contributed by atoms with Crippen LogP contribution in [0.2, 0.25) is 0 Å². The topological polar surface area (TPSA) is 72.8 Å². The van der Waals surface area contributed by atoms with Gasteiger partial charge < -0.3 is 14.6 Å². The predicted molar refractivity (Wildman–Crippen MR) is 76.4 cm³/mol. The normalized spacial score (nSPS) is 10.0. The lowest BCUT2D eigenvalue weighted by molar-refractivity contribution is 0.0692. The Morgan fingerprint density at radius 1 is 0.857 bits per heavy atom. The molecule has 0 radical (unpaired) electrons. The molecule has 0 aliphatic rings. The van der Waals surface area contributed by atoms with Crippen LogP contribution in [0.15, 0.2) is 42.5 Å². The molecule has 2 aromatic carbocycles. The Kier molecular flexibility index (Phi) is 4.23. The average Bonchev–Trinajstić information content (AvgIpc) is 2.53. The van der Waals surface area contributed by atoms with Gasteiger partial charge in [0, 0.05) is 11.1 Å². The maximum atomic E-state index is 12.4. The minimum Gasteiger partial charge on any atom is -0.497 e. The highest BCUT2D eigenvalue weighted by molar-refractivity contribution is 6.14. The molecule has 5 heteroatoms. The van der Waals surface area contributed by atoms with Crippen molar-refractivity contribution < 1.29 is 24.2 Å². The van der Waals surface area contributed by atoms with E-state index in [9.17, 15) is 14.7 Å². The van der Waals surface area contributed by atoms with Gasteiger partial charge in [-0.3, -0.25) is 4.79 Å². The summed E-state index contributed by atoms with van der Waals surface area (Å²) in [6.45, 7) is 0. The quantitative estimate of drug-likeness (QED) is 0.855. The number of carboxylic acids is 1. The van der Waals surface area contributed by atoms with Gasteiger partial charge in [-0.1, -0.05) is 0 Å². The number of ether oxygens (including phenoxy) is 2. The van der Waals surface area contributed by atoms with Gasteiger partial charge in [0.25, 0.3) is 0 Å². The first-order valence-corrected chi connectivity index (χ1v) is 6.17. The van der Waals surface area contributed by atoms with Gasteiger partial charge in [0.15, 0.2) is 5.78 Å². The lowest BCUT2D eigenvalue weighted by Crippen LogP contribution is -2.10. The van der Waals surface area contributed by atoms with Crippen LogP contribution in [-0.2, 0) is 0 Å². The largest absolute Gasteiger partial charge is 0.497 e. The molecule has 0 spiro atoms. The highest BCUT2D eigenvalue weighted by Gasteiger charge is 2.18. The second kappa shape index (κ2) is 6.09. The molecule has 0 bridgehead atoms. The summed E-state index contributed by atoms with van der Waals surface area (Å²) in [5.41, 5.74) is 0.423. The van der Waals surface area contributed by atoms with Crippen LogP contribution in [0, 0.1) is 0 Å². The van der Waals surface area contributed by atoms with Crippen LogP contribution in [0.5, 0.6) is 11.5 Å². The first-order chi connectivity index (χ1) is 10.1. The van der Waals surface area contributed by atoms with Crippen LogP contribution in [0.4, 0.5) is 0 Å². The first-order valence-electron chi connectivity index (χ1n) is 6.17. The minimum absolute atomic E-state index is 0.0878. The van der Waals surface area contributed by atoms with Crippen LogP contribution in [0.1, 0.15) is 26.3 Å². The van der Waals surface area contributed by atoms with Gasteiger partial charge >= 0.3 is 5.97 Å². The van der Waals surface area contributed by atoms with Crippen molar-refractivity contribution in [2.45, 2.75) is 0 Å². The van der Waals surface area contributed by atoms with Crippen LogP contribution in [0.3, 0.4) is 0 Å². The SMILES string of the molecule is COc1ccc(C(=O)c2ccc(OC)cc2C(=O)O)cc1. The highest BCUT2D eigenvalue weighted by atomic mass is 16.5. The summed E-state index contributed by atoms with van der Waals surface area (Å²) in [7, 11) is 2.97. The van der Waals surface area contributed by atoms with E-state index in [-0.39, 0.29) is 16.9 Å². The van der Waals surface area contributed by atoms with E-state index in [2.05, 4.69) is 0 Å². The van der Waals surface area contributed by atoms with Crippen molar-refractivity contribution in [1.82, 2.24) is 0 Å². The zero-order chi connectivity index (χ0) is 15.4. The number of carbonyl (C=O) groups excluding carboxylic acids is 1. The Bertz CT molecular complexity index is 674. The zero-order valence-electron chi connectivity index (χ0n) is 11.6. The van der Waals surface area contributed by atoms with E-state index in [0.29, 0.717) is 17.1 Å². The van der Waals surface area contributed by atoms with Gasteiger partial charge in [-0.2, -0.15) is 0 Å². The standard InChI is InChI=1S/C16H14O5/c1-20-11-5-3-10(4-6-11)15(17)13-8-7-12(21-2)9-14(13)16(18)19/h3-9H,1-2H3,(H,18,19). The fourth-order valence-corrected chi connectivity index (χ4v) is 1.92. The molecule has 21 heavy (non-hydrogen) atoms. The van der Waals surface area contributed by atoms with Crippen molar-refractivity contribution in [2.24, 2.45) is 0 Å². The number of aromatic carboxylic acids is 1. The Morgan fingerprint density at radius 2 is 1.43 bits per heavy atom. The lowest BCUT2D eigenvalue weighted by atomic mass is 9.98. The first kappa shape index (κ1) is 14.6. The Labute approximate surface area is 121 Å². The third kappa shape index (κ3) is 3.02. The summed E-state index contributed by atoms with van der Waals surface area (Å²) in [6.07, 6.45) is 0. The number of rotatable bonds is 5. The molecule has 108 valence electrons. The van der Waals surface area contributed by atoms with Crippen molar-refractivity contribution in [1.29, 1.82) is 0 Å². The molecular formula is C16H14O5. The van der Waals surface area contributed by atoms with Gasteiger partial charge in [-0.15, -0.1) is 0 Å². The van der Waals surface area contributed by atoms with Crippen LogP contribution >= 0.6 is 0 Å². The van der Waals surface area contributed by atoms with Gasteiger partial charge in [-0.05, 0) is 42.5 Å². The van der Waals surface area contributed by atoms with E-state index in [1.165, 1.54) is 26.4 Å². The number of hydrogen-bond donors (Lipinski definition) is 1. The summed E-state index contributed by atoms with van der Waals surface area (Å²) in [5, 5.41) is 9.24. The van der Waals surface area contributed by atoms with E-state index < -0.39 is 5.97 Å². The molecular weight excluding hydrogens is 272 g/mol. The van der Waals surface area contributed by atoms with Crippen LogP contribution in [0.25, 0.3) is 0 Å². The van der Waals surface area contributed by atoms with Crippen molar-refractivity contribution in [3.05, 3.63) is 59.2 Å². The van der Waals surface area contributed by atoms with Gasteiger partial charge in [0.2, 0.25) is 0 Å². The molecule has 0 unspecified atom stereocenters. The van der Waals surface area contributed by atoms with Crippen molar-refractivity contribution in [3.8, 4) is 11.5 Å². The third-order valence-electron chi connectivity index (χ3n) is 3.05. The Balaban J connectivity index is 2.44. The molecule has 2 aromatic rings. The van der Waals surface area contributed by atoms with Gasteiger partial charge in [0.05, 0.1) is 19.8 Å². The van der Waals surface area contributed by atoms with Crippen molar-refractivity contribution in [3.63, 3.8) is 0 Å². The maximum absolute atomic E-state index is 12.4. The monoisotopic (exact) mass is 286 g/mol. The Morgan fingerprint density at radius 3 is 1.95 bits per heavy atom. The molecule has 5 nitrogen and oxygen atoms in total. The van der Waals surface area contributed by atoms with E-state index in [1.807, 2.05) is 0 Å². The summed E-state index contributed by atoms with van der Waals surface area (Å²) in [4.78, 5) is 23.7. The summed E-state index contributed by atoms with van der Waals surface area (Å²) in [6, 6.07) is 10.8. The third-order valence-corrected chi connectivity index (χ3v) is 3.05. The average molecular weight is 286 g/mol.